The van der Waals surface area contributed by atoms with Crippen LogP contribution in [0.25, 0.3) is 21.7 Å². The Labute approximate surface area is 183 Å². The van der Waals surface area contributed by atoms with Gasteiger partial charge in [-0.25, -0.2) is 0 Å². The van der Waals surface area contributed by atoms with Crippen molar-refractivity contribution < 1.29 is 9.52 Å². The molecule has 158 valence electrons. The molecule has 4 nitrogen and oxygen atoms in total. The standard InChI is InChI=1S/C25H28N2O2.ClH/c1-18(27-16-19-5-6-22-17-26-12-9-20(22)14-19)4-3-11-25(2,28)23-7-8-24-21(15-23)10-13-29-24;/h5-10,12-15,17-18,27-28H,3-4,11,16H2,1-2H3;1H/t18-,25?;/m1./s1. The van der Waals surface area contributed by atoms with E-state index in [1.807, 2.05) is 49.6 Å². The third kappa shape index (κ3) is 5.20. The predicted molar refractivity (Wildman–Crippen MR) is 125 cm³/mol. The Morgan fingerprint density at radius 2 is 1.93 bits per heavy atom. The zero-order valence-corrected chi connectivity index (χ0v) is 18.3. The molecule has 2 N–H and O–H groups in total. The lowest BCUT2D eigenvalue weighted by Crippen LogP contribution is -2.27. The van der Waals surface area contributed by atoms with Gasteiger partial charge in [0.25, 0.3) is 0 Å². The van der Waals surface area contributed by atoms with Gasteiger partial charge in [0.1, 0.15) is 5.58 Å². The third-order valence-corrected chi connectivity index (χ3v) is 5.73. The molecule has 0 aliphatic heterocycles. The highest BCUT2D eigenvalue weighted by Gasteiger charge is 2.23. The summed E-state index contributed by atoms with van der Waals surface area (Å²) >= 11 is 0. The maximum absolute atomic E-state index is 10.9. The van der Waals surface area contributed by atoms with Crippen LogP contribution >= 0.6 is 12.4 Å². The molecule has 2 atom stereocenters. The van der Waals surface area contributed by atoms with Crippen molar-refractivity contribution in [2.75, 3.05) is 0 Å². The van der Waals surface area contributed by atoms with E-state index in [1.54, 1.807) is 6.26 Å². The Morgan fingerprint density at radius 3 is 2.80 bits per heavy atom. The molecule has 5 heteroatoms. The Morgan fingerprint density at radius 1 is 1.07 bits per heavy atom. The van der Waals surface area contributed by atoms with E-state index in [1.165, 1.54) is 16.3 Å². The highest BCUT2D eigenvalue weighted by atomic mass is 35.5. The number of fused-ring (bicyclic) bond motifs is 2. The van der Waals surface area contributed by atoms with Crippen molar-refractivity contribution in [3.05, 3.63) is 78.3 Å². The molecule has 2 aromatic heterocycles. The molecule has 0 spiro atoms. The number of hydrogen-bond donors (Lipinski definition) is 2. The summed E-state index contributed by atoms with van der Waals surface area (Å²) < 4.78 is 5.39. The average molecular weight is 425 g/mol. The summed E-state index contributed by atoms with van der Waals surface area (Å²) in [6, 6.07) is 16.8. The van der Waals surface area contributed by atoms with Gasteiger partial charge in [-0.1, -0.05) is 18.2 Å². The number of hydrogen-bond acceptors (Lipinski definition) is 4. The third-order valence-electron chi connectivity index (χ3n) is 5.73. The number of nitrogens with one attached hydrogen (secondary N) is 1. The zero-order valence-electron chi connectivity index (χ0n) is 17.5. The summed E-state index contributed by atoms with van der Waals surface area (Å²) in [6.07, 6.45) is 8.10. The van der Waals surface area contributed by atoms with Crippen LogP contribution < -0.4 is 5.32 Å². The van der Waals surface area contributed by atoms with Gasteiger partial charge in [0.15, 0.2) is 0 Å². The molecule has 0 radical (unpaired) electrons. The molecule has 0 saturated heterocycles. The number of aliphatic hydroxyl groups is 1. The SMILES string of the molecule is C[C@H](CCCC(C)(O)c1ccc2occc2c1)NCc1ccc2cnccc2c1.Cl. The van der Waals surface area contributed by atoms with Gasteiger partial charge < -0.3 is 14.8 Å². The van der Waals surface area contributed by atoms with Crippen molar-refractivity contribution in [3.8, 4) is 0 Å². The van der Waals surface area contributed by atoms with Gasteiger partial charge in [-0.05, 0) is 80.0 Å². The minimum Gasteiger partial charge on any atom is -0.464 e. The maximum atomic E-state index is 10.9. The molecule has 0 bridgehead atoms. The molecule has 0 amide bonds. The molecule has 0 aliphatic carbocycles. The first-order valence-corrected chi connectivity index (χ1v) is 10.3. The van der Waals surface area contributed by atoms with E-state index in [-0.39, 0.29) is 12.4 Å². The lowest BCUT2D eigenvalue weighted by molar-refractivity contribution is 0.0445. The van der Waals surface area contributed by atoms with Crippen molar-refractivity contribution in [1.29, 1.82) is 0 Å². The summed E-state index contributed by atoms with van der Waals surface area (Å²) in [7, 11) is 0. The summed E-state index contributed by atoms with van der Waals surface area (Å²) in [5, 5.41) is 18.0. The van der Waals surface area contributed by atoms with Crippen molar-refractivity contribution in [3.63, 3.8) is 0 Å². The van der Waals surface area contributed by atoms with Crippen LogP contribution in [0.1, 0.15) is 44.2 Å². The second-order valence-corrected chi connectivity index (χ2v) is 8.18. The summed E-state index contributed by atoms with van der Waals surface area (Å²) in [5.41, 5.74) is 2.23. The van der Waals surface area contributed by atoms with Crippen LogP contribution in [0.15, 0.2) is 71.6 Å². The fourth-order valence-corrected chi connectivity index (χ4v) is 3.84. The molecular formula is C25H29ClN2O2. The van der Waals surface area contributed by atoms with Crippen molar-refractivity contribution in [2.45, 2.75) is 51.3 Å². The number of furan rings is 1. The van der Waals surface area contributed by atoms with E-state index in [2.05, 4.69) is 35.4 Å². The first kappa shape index (κ1) is 22.3. The first-order chi connectivity index (χ1) is 14.0. The monoisotopic (exact) mass is 424 g/mol. The molecule has 2 heterocycles. The van der Waals surface area contributed by atoms with Crippen LogP contribution in [0.3, 0.4) is 0 Å². The minimum atomic E-state index is -0.836. The van der Waals surface area contributed by atoms with Gasteiger partial charge in [-0.3, -0.25) is 4.98 Å². The van der Waals surface area contributed by atoms with E-state index in [9.17, 15) is 5.11 Å². The quantitative estimate of drug-likeness (QED) is 0.366. The molecule has 1 unspecified atom stereocenters. The van der Waals surface area contributed by atoms with E-state index >= 15 is 0 Å². The number of pyridine rings is 1. The average Bonchev–Trinajstić information content (AvgIpc) is 3.20. The van der Waals surface area contributed by atoms with Gasteiger partial charge in [0, 0.05) is 35.8 Å². The highest BCUT2D eigenvalue weighted by Crippen LogP contribution is 2.30. The van der Waals surface area contributed by atoms with Crippen LogP contribution in [-0.4, -0.2) is 16.1 Å². The second kappa shape index (κ2) is 9.61. The van der Waals surface area contributed by atoms with Crippen molar-refractivity contribution in [1.82, 2.24) is 10.3 Å². The van der Waals surface area contributed by atoms with Crippen LogP contribution in [-0.2, 0) is 12.1 Å². The predicted octanol–water partition coefficient (Wildman–Crippen LogP) is 5.96. The smallest absolute Gasteiger partial charge is 0.133 e. The fourth-order valence-electron chi connectivity index (χ4n) is 3.84. The Balaban J connectivity index is 0.00000256. The maximum Gasteiger partial charge on any atom is 0.133 e. The first-order valence-electron chi connectivity index (χ1n) is 10.3. The van der Waals surface area contributed by atoms with Crippen molar-refractivity contribution in [2.24, 2.45) is 0 Å². The number of aromatic nitrogens is 1. The number of halogens is 1. The van der Waals surface area contributed by atoms with Crippen LogP contribution in [0.2, 0.25) is 0 Å². The Kier molecular flexibility index (Phi) is 7.14. The Hall–Kier alpha value is -2.40. The number of nitrogens with zero attached hydrogens (tertiary/aromatic N) is 1. The fraction of sp³-hybridized carbons (Fsp3) is 0.320. The largest absolute Gasteiger partial charge is 0.464 e. The normalized spacial score (nSPS) is 14.4. The molecule has 4 rings (SSSR count). The summed E-state index contributed by atoms with van der Waals surface area (Å²) in [6.45, 7) is 4.94. The summed E-state index contributed by atoms with van der Waals surface area (Å²) in [5.74, 6) is 0. The van der Waals surface area contributed by atoms with Gasteiger partial charge in [0.05, 0.1) is 11.9 Å². The minimum absolute atomic E-state index is 0. The molecule has 4 aromatic rings. The van der Waals surface area contributed by atoms with E-state index < -0.39 is 5.60 Å². The Bertz CT molecular complexity index is 1110. The van der Waals surface area contributed by atoms with Crippen LogP contribution in [0.4, 0.5) is 0 Å². The van der Waals surface area contributed by atoms with Crippen molar-refractivity contribution >= 4 is 34.1 Å². The van der Waals surface area contributed by atoms with Gasteiger partial charge in [-0.2, -0.15) is 0 Å². The molecule has 0 saturated carbocycles. The topological polar surface area (TPSA) is 58.3 Å². The summed E-state index contributed by atoms with van der Waals surface area (Å²) in [4.78, 5) is 4.16. The van der Waals surface area contributed by atoms with Crippen LogP contribution in [0, 0.1) is 0 Å². The lowest BCUT2D eigenvalue weighted by Gasteiger charge is -2.25. The lowest BCUT2D eigenvalue weighted by atomic mass is 9.89. The number of benzene rings is 2. The van der Waals surface area contributed by atoms with Gasteiger partial charge in [-0.15, -0.1) is 12.4 Å². The van der Waals surface area contributed by atoms with Crippen LogP contribution in [0.5, 0.6) is 0 Å². The molecule has 0 fully saturated rings. The number of rotatable bonds is 8. The molecule has 2 aromatic carbocycles. The highest BCUT2D eigenvalue weighted by molar-refractivity contribution is 5.85. The second-order valence-electron chi connectivity index (χ2n) is 8.18. The molecule has 0 aliphatic rings. The van der Waals surface area contributed by atoms with Gasteiger partial charge >= 0.3 is 0 Å². The van der Waals surface area contributed by atoms with Gasteiger partial charge in [0.2, 0.25) is 0 Å². The molecule has 30 heavy (non-hydrogen) atoms. The molecular weight excluding hydrogens is 396 g/mol. The zero-order chi connectivity index (χ0) is 20.3. The van der Waals surface area contributed by atoms with E-state index in [0.29, 0.717) is 6.04 Å². The van der Waals surface area contributed by atoms with E-state index in [4.69, 9.17) is 4.42 Å². The van der Waals surface area contributed by atoms with E-state index in [0.717, 1.165) is 42.3 Å².